The van der Waals surface area contributed by atoms with Crippen LogP contribution in [-0.2, 0) is 11.4 Å². The van der Waals surface area contributed by atoms with E-state index in [1.54, 1.807) is 12.3 Å². The first-order chi connectivity index (χ1) is 10.4. The summed E-state index contributed by atoms with van der Waals surface area (Å²) in [6, 6.07) is 13.8. The maximum Gasteiger partial charge on any atom is 0.303 e. The number of carboxylic acid groups (broad SMARTS) is 1. The molecule has 1 heterocycles. The van der Waals surface area contributed by atoms with Crippen LogP contribution in [0.2, 0.25) is 13.1 Å². The van der Waals surface area contributed by atoms with Gasteiger partial charge in [0.05, 0.1) is 26.8 Å². The molecule has 0 aliphatic rings. The highest BCUT2D eigenvalue weighted by molar-refractivity contribution is 6.91. The molecule has 4 nitrogen and oxygen atoms in total. The highest BCUT2D eigenvalue weighted by atomic mass is 28.3. The summed E-state index contributed by atoms with van der Waals surface area (Å²) in [5, 5.41) is 19.6. The number of hydrogen-bond acceptors (Lipinski definition) is 3. The summed E-state index contributed by atoms with van der Waals surface area (Å²) in [4.78, 5) is 15.6. The van der Waals surface area contributed by atoms with Crippen molar-refractivity contribution in [2.24, 2.45) is 0 Å². The molecule has 0 bridgehead atoms. The van der Waals surface area contributed by atoms with Gasteiger partial charge in [0.25, 0.3) is 0 Å². The molecule has 5 heteroatoms. The van der Waals surface area contributed by atoms with E-state index in [2.05, 4.69) is 30.2 Å². The number of pyridine rings is 1. The van der Waals surface area contributed by atoms with Crippen molar-refractivity contribution in [2.75, 3.05) is 0 Å². The van der Waals surface area contributed by atoms with Crippen LogP contribution >= 0.6 is 0 Å². The third-order valence-electron chi connectivity index (χ3n) is 4.18. The summed E-state index contributed by atoms with van der Waals surface area (Å²) in [6.07, 6.45) is 1.80. The summed E-state index contributed by atoms with van der Waals surface area (Å²) in [7, 11) is -2.02. The first kappa shape index (κ1) is 16.4. The van der Waals surface area contributed by atoms with Gasteiger partial charge in [-0.15, -0.1) is 0 Å². The Labute approximate surface area is 131 Å². The Kier molecular flexibility index (Phi) is 5.10. The molecular weight excluding hydrogens is 294 g/mol. The van der Waals surface area contributed by atoms with Crippen molar-refractivity contribution < 1.29 is 15.0 Å². The predicted molar refractivity (Wildman–Crippen MR) is 88.7 cm³/mol. The van der Waals surface area contributed by atoms with Crippen molar-refractivity contribution in [3.63, 3.8) is 0 Å². The van der Waals surface area contributed by atoms with Crippen LogP contribution in [0.5, 0.6) is 0 Å². The Hall–Kier alpha value is -1.98. The van der Waals surface area contributed by atoms with Gasteiger partial charge in [-0.2, -0.15) is 0 Å². The maximum absolute atomic E-state index is 11.3. The van der Waals surface area contributed by atoms with E-state index in [-0.39, 0.29) is 18.6 Å². The van der Waals surface area contributed by atoms with Crippen LogP contribution in [0.4, 0.5) is 0 Å². The fourth-order valence-corrected chi connectivity index (χ4v) is 5.91. The molecule has 2 rings (SSSR count). The Bertz CT molecular complexity index is 626. The third-order valence-corrected chi connectivity index (χ3v) is 8.28. The monoisotopic (exact) mass is 315 g/mol. The second-order valence-corrected chi connectivity index (χ2v) is 10.7. The first-order valence-electron chi connectivity index (χ1n) is 7.28. The van der Waals surface area contributed by atoms with Gasteiger partial charge in [0.15, 0.2) is 0 Å². The van der Waals surface area contributed by atoms with Crippen molar-refractivity contribution in [3.8, 4) is 0 Å². The number of carboxylic acids is 1. The zero-order valence-electron chi connectivity index (χ0n) is 12.9. The second-order valence-electron chi connectivity index (χ2n) is 5.98. The molecule has 1 atom stereocenters. The van der Waals surface area contributed by atoms with E-state index in [0.717, 1.165) is 5.56 Å². The zero-order chi connectivity index (χ0) is 16.2. The van der Waals surface area contributed by atoms with Gasteiger partial charge in [-0.05, 0) is 17.2 Å². The van der Waals surface area contributed by atoms with Gasteiger partial charge in [-0.1, -0.05) is 54.7 Å². The van der Waals surface area contributed by atoms with E-state index in [0.29, 0.717) is 5.69 Å². The molecule has 0 aliphatic heterocycles. The Morgan fingerprint density at radius 3 is 2.36 bits per heavy atom. The molecule has 1 aromatic carbocycles. The van der Waals surface area contributed by atoms with E-state index < -0.39 is 14.0 Å². The van der Waals surface area contributed by atoms with E-state index in [9.17, 15) is 9.90 Å². The van der Waals surface area contributed by atoms with Crippen molar-refractivity contribution in [1.82, 2.24) is 4.98 Å². The summed E-state index contributed by atoms with van der Waals surface area (Å²) in [5.74, 6) is -0.798. The molecule has 2 aromatic rings. The lowest BCUT2D eigenvalue weighted by Gasteiger charge is -2.32. The quantitative estimate of drug-likeness (QED) is 0.802. The predicted octanol–water partition coefficient (Wildman–Crippen LogP) is 2.29. The normalized spacial score (nSPS) is 12.9. The molecule has 0 radical (unpaired) electrons. The fourth-order valence-electron chi connectivity index (χ4n) is 2.77. The number of aromatic nitrogens is 1. The van der Waals surface area contributed by atoms with Crippen molar-refractivity contribution >= 4 is 19.2 Å². The molecule has 0 saturated heterocycles. The van der Waals surface area contributed by atoms with Gasteiger partial charge >= 0.3 is 5.97 Å². The lowest BCUT2D eigenvalue weighted by molar-refractivity contribution is -0.137. The van der Waals surface area contributed by atoms with Crippen LogP contribution in [0.25, 0.3) is 0 Å². The number of hydrogen-bond donors (Lipinski definition) is 2. The lowest BCUT2D eigenvalue weighted by atomic mass is 10.1. The molecule has 116 valence electrons. The Morgan fingerprint density at radius 1 is 1.18 bits per heavy atom. The molecule has 22 heavy (non-hydrogen) atoms. The van der Waals surface area contributed by atoms with Gasteiger partial charge in [0.2, 0.25) is 0 Å². The van der Waals surface area contributed by atoms with E-state index in [1.807, 2.05) is 24.3 Å². The fraction of sp³-hybridized carbons (Fsp3) is 0.294. The zero-order valence-corrected chi connectivity index (χ0v) is 13.9. The lowest BCUT2D eigenvalue weighted by Crippen LogP contribution is -2.48. The number of carbonyl (C=O) groups is 1. The van der Waals surface area contributed by atoms with Crippen molar-refractivity contribution in [3.05, 3.63) is 59.9 Å². The van der Waals surface area contributed by atoms with Gasteiger partial charge in [-0.3, -0.25) is 9.78 Å². The SMILES string of the molecule is C[Si](C)(c1ccccc1)C(CC(=O)O)c1ccc(CO)nc1. The average molecular weight is 315 g/mol. The molecule has 0 saturated carbocycles. The number of aliphatic hydroxyl groups excluding tert-OH is 1. The summed E-state index contributed by atoms with van der Waals surface area (Å²) in [6.45, 7) is 4.27. The minimum atomic E-state index is -2.02. The minimum Gasteiger partial charge on any atom is -0.481 e. The van der Waals surface area contributed by atoms with Crippen LogP contribution in [0.3, 0.4) is 0 Å². The summed E-state index contributed by atoms with van der Waals surface area (Å²) < 4.78 is 0. The summed E-state index contributed by atoms with van der Waals surface area (Å²) >= 11 is 0. The standard InChI is InChI=1S/C17H21NO3Si/c1-22(2,15-6-4-3-5-7-15)16(10-17(20)21)13-8-9-14(12-19)18-11-13/h3-9,11,16,19H,10,12H2,1-2H3,(H,20,21). The van der Waals surface area contributed by atoms with Gasteiger partial charge in [0.1, 0.15) is 0 Å². The molecule has 1 unspecified atom stereocenters. The Morgan fingerprint density at radius 2 is 1.86 bits per heavy atom. The number of benzene rings is 1. The first-order valence-corrected chi connectivity index (χ1v) is 10.4. The van der Waals surface area contributed by atoms with Crippen LogP contribution in [-0.4, -0.2) is 29.2 Å². The largest absolute Gasteiger partial charge is 0.481 e. The molecule has 2 N–H and O–H groups in total. The third kappa shape index (κ3) is 3.61. The van der Waals surface area contributed by atoms with Crippen LogP contribution in [0, 0.1) is 0 Å². The highest BCUT2D eigenvalue weighted by Gasteiger charge is 2.36. The van der Waals surface area contributed by atoms with Crippen LogP contribution in [0.15, 0.2) is 48.7 Å². The van der Waals surface area contributed by atoms with E-state index >= 15 is 0 Å². The molecule has 0 amide bonds. The molecule has 0 spiro atoms. The minimum absolute atomic E-state index is 0.0624. The number of nitrogens with zero attached hydrogens (tertiary/aromatic N) is 1. The second kappa shape index (κ2) is 6.85. The Balaban J connectivity index is 2.42. The molecule has 1 aromatic heterocycles. The van der Waals surface area contributed by atoms with Crippen LogP contribution < -0.4 is 5.19 Å². The van der Waals surface area contributed by atoms with Gasteiger partial charge < -0.3 is 10.2 Å². The highest BCUT2D eigenvalue weighted by Crippen LogP contribution is 2.30. The molecule has 0 aliphatic carbocycles. The van der Waals surface area contributed by atoms with Crippen LogP contribution in [0.1, 0.15) is 23.2 Å². The van der Waals surface area contributed by atoms with Gasteiger partial charge in [0, 0.05) is 6.20 Å². The number of aliphatic hydroxyl groups is 1. The number of aliphatic carboxylic acids is 1. The smallest absolute Gasteiger partial charge is 0.303 e. The van der Waals surface area contributed by atoms with Crippen molar-refractivity contribution in [2.45, 2.75) is 31.7 Å². The maximum atomic E-state index is 11.3. The van der Waals surface area contributed by atoms with Gasteiger partial charge in [-0.25, -0.2) is 0 Å². The average Bonchev–Trinajstić information content (AvgIpc) is 2.53. The number of rotatable bonds is 6. The van der Waals surface area contributed by atoms with E-state index in [1.165, 1.54) is 5.19 Å². The summed E-state index contributed by atoms with van der Waals surface area (Å²) in [5.41, 5.74) is 1.46. The molecule has 0 fully saturated rings. The van der Waals surface area contributed by atoms with E-state index in [4.69, 9.17) is 5.11 Å². The van der Waals surface area contributed by atoms with Crippen molar-refractivity contribution in [1.29, 1.82) is 0 Å². The topological polar surface area (TPSA) is 70.4 Å². The molecular formula is C17H21NO3Si.